The van der Waals surface area contributed by atoms with E-state index in [1.54, 1.807) is 42.5 Å². The van der Waals surface area contributed by atoms with Crippen molar-refractivity contribution < 1.29 is 22.7 Å². The third kappa shape index (κ3) is 5.62. The molecule has 8 nitrogen and oxygen atoms in total. The van der Waals surface area contributed by atoms with Crippen LogP contribution < -0.4 is 15.4 Å². The molecule has 0 aliphatic carbocycles. The van der Waals surface area contributed by atoms with E-state index in [1.807, 2.05) is 13.0 Å². The summed E-state index contributed by atoms with van der Waals surface area (Å²) < 4.78 is 32.2. The third-order valence-electron chi connectivity index (χ3n) is 5.19. The number of piperidine rings is 1. The van der Waals surface area contributed by atoms with Gasteiger partial charge in [0.1, 0.15) is 5.75 Å². The van der Waals surface area contributed by atoms with Crippen molar-refractivity contribution in [2.45, 2.75) is 24.7 Å². The summed E-state index contributed by atoms with van der Waals surface area (Å²) in [7, 11) is -2.14. The number of amides is 2. The van der Waals surface area contributed by atoms with Gasteiger partial charge in [0.05, 0.1) is 30.2 Å². The molecule has 1 unspecified atom stereocenters. The molecule has 1 fully saturated rings. The van der Waals surface area contributed by atoms with Gasteiger partial charge >= 0.3 is 0 Å². The predicted octanol–water partition coefficient (Wildman–Crippen LogP) is 2.16. The van der Waals surface area contributed by atoms with E-state index in [4.69, 9.17) is 4.74 Å². The van der Waals surface area contributed by atoms with Crippen molar-refractivity contribution in [1.29, 1.82) is 0 Å². The van der Waals surface area contributed by atoms with Crippen LogP contribution in [0.15, 0.2) is 53.4 Å². The van der Waals surface area contributed by atoms with Crippen LogP contribution >= 0.6 is 0 Å². The quantitative estimate of drug-likeness (QED) is 0.680. The van der Waals surface area contributed by atoms with E-state index < -0.39 is 15.9 Å². The number of nitrogens with one attached hydrogen (secondary N) is 2. The number of benzene rings is 2. The minimum absolute atomic E-state index is 0.0936. The smallest absolute Gasteiger partial charge is 0.243 e. The molecular weight excluding hydrogens is 418 g/mol. The zero-order valence-corrected chi connectivity index (χ0v) is 18.4. The summed E-state index contributed by atoms with van der Waals surface area (Å²) in [5, 5.41) is 5.35. The number of anilines is 1. The van der Waals surface area contributed by atoms with Crippen molar-refractivity contribution in [3.05, 3.63) is 54.1 Å². The number of sulfonamides is 1. The summed E-state index contributed by atoms with van der Waals surface area (Å²) in [5.74, 6) is -0.700. The van der Waals surface area contributed by atoms with Gasteiger partial charge in [-0.2, -0.15) is 4.31 Å². The molecule has 1 saturated heterocycles. The molecule has 0 aromatic heterocycles. The van der Waals surface area contributed by atoms with Crippen LogP contribution in [-0.4, -0.2) is 51.3 Å². The maximum Gasteiger partial charge on any atom is 0.243 e. The monoisotopic (exact) mass is 445 g/mol. The van der Waals surface area contributed by atoms with Crippen molar-refractivity contribution in [3.63, 3.8) is 0 Å². The van der Waals surface area contributed by atoms with Gasteiger partial charge in [-0.25, -0.2) is 8.42 Å². The van der Waals surface area contributed by atoms with Crippen LogP contribution in [0.1, 0.15) is 18.4 Å². The molecule has 0 bridgehead atoms. The maximum atomic E-state index is 12.8. The van der Waals surface area contributed by atoms with E-state index in [9.17, 15) is 18.0 Å². The minimum Gasteiger partial charge on any atom is -0.495 e. The lowest BCUT2D eigenvalue weighted by Crippen LogP contribution is -2.46. The lowest BCUT2D eigenvalue weighted by Gasteiger charge is -2.31. The second-order valence-electron chi connectivity index (χ2n) is 7.48. The van der Waals surface area contributed by atoms with Crippen LogP contribution in [0, 0.1) is 12.8 Å². The SMILES string of the molecule is COc1ccc(C)cc1NC(=O)CNC(=O)C1CCCN(S(=O)(=O)c2ccccc2)C1. The fraction of sp³-hybridized carbons (Fsp3) is 0.364. The molecule has 1 aliphatic rings. The van der Waals surface area contributed by atoms with Crippen molar-refractivity contribution in [1.82, 2.24) is 9.62 Å². The Labute approximate surface area is 182 Å². The number of hydrogen-bond donors (Lipinski definition) is 2. The largest absolute Gasteiger partial charge is 0.495 e. The Bertz CT molecular complexity index is 1040. The van der Waals surface area contributed by atoms with E-state index in [1.165, 1.54) is 11.4 Å². The van der Waals surface area contributed by atoms with Gasteiger partial charge < -0.3 is 15.4 Å². The van der Waals surface area contributed by atoms with Crippen LogP contribution in [-0.2, 0) is 19.6 Å². The molecule has 31 heavy (non-hydrogen) atoms. The number of carbonyl (C=O) groups excluding carboxylic acids is 2. The van der Waals surface area contributed by atoms with Crippen LogP contribution in [0.25, 0.3) is 0 Å². The van der Waals surface area contributed by atoms with Crippen LogP contribution in [0.5, 0.6) is 5.75 Å². The highest BCUT2D eigenvalue weighted by Gasteiger charge is 2.33. The first-order chi connectivity index (χ1) is 14.8. The van der Waals surface area contributed by atoms with Gasteiger partial charge in [0.25, 0.3) is 0 Å². The number of carbonyl (C=O) groups is 2. The third-order valence-corrected chi connectivity index (χ3v) is 7.07. The Morgan fingerprint density at radius 2 is 1.90 bits per heavy atom. The minimum atomic E-state index is -3.65. The van der Waals surface area contributed by atoms with Crippen LogP contribution in [0.3, 0.4) is 0 Å². The Balaban J connectivity index is 1.57. The first-order valence-electron chi connectivity index (χ1n) is 10.1. The molecular formula is C22H27N3O5S. The molecule has 2 aromatic carbocycles. The normalized spacial score (nSPS) is 17.0. The van der Waals surface area contributed by atoms with Gasteiger partial charge in [0, 0.05) is 13.1 Å². The van der Waals surface area contributed by atoms with Crippen molar-refractivity contribution in [2.24, 2.45) is 5.92 Å². The fourth-order valence-electron chi connectivity index (χ4n) is 3.54. The Hall–Kier alpha value is -2.91. The Morgan fingerprint density at radius 1 is 1.16 bits per heavy atom. The van der Waals surface area contributed by atoms with E-state index >= 15 is 0 Å². The molecule has 3 rings (SSSR count). The molecule has 166 valence electrons. The second kappa shape index (κ2) is 9.93. The molecule has 1 aliphatic heterocycles. The topological polar surface area (TPSA) is 105 Å². The number of aryl methyl sites for hydroxylation is 1. The van der Waals surface area contributed by atoms with Gasteiger partial charge in [0.15, 0.2) is 0 Å². The number of ether oxygens (including phenoxy) is 1. The van der Waals surface area contributed by atoms with Gasteiger partial charge in [-0.15, -0.1) is 0 Å². The van der Waals surface area contributed by atoms with Gasteiger partial charge in [0.2, 0.25) is 21.8 Å². The predicted molar refractivity (Wildman–Crippen MR) is 117 cm³/mol. The molecule has 2 aromatic rings. The molecule has 2 N–H and O–H groups in total. The average Bonchev–Trinajstić information content (AvgIpc) is 2.78. The summed E-state index contributed by atoms with van der Waals surface area (Å²) in [6, 6.07) is 13.6. The fourth-order valence-corrected chi connectivity index (χ4v) is 5.09. The standard InChI is InChI=1S/C22H27N3O5S/c1-16-10-11-20(30-2)19(13-16)24-21(26)14-23-22(27)17-7-6-12-25(15-17)31(28,29)18-8-4-3-5-9-18/h3-5,8-11,13,17H,6-7,12,14-15H2,1-2H3,(H,23,27)(H,24,26). The summed E-state index contributed by atoms with van der Waals surface area (Å²) in [5.41, 5.74) is 1.49. The molecule has 1 heterocycles. The summed E-state index contributed by atoms with van der Waals surface area (Å²) in [6.45, 7) is 2.15. The highest BCUT2D eigenvalue weighted by molar-refractivity contribution is 7.89. The zero-order chi connectivity index (χ0) is 22.4. The molecule has 0 radical (unpaired) electrons. The Morgan fingerprint density at radius 3 is 2.61 bits per heavy atom. The first kappa shape index (κ1) is 22.8. The number of methoxy groups -OCH3 is 1. The summed E-state index contributed by atoms with van der Waals surface area (Å²) in [6.07, 6.45) is 1.15. The summed E-state index contributed by atoms with van der Waals surface area (Å²) in [4.78, 5) is 25.1. The Kier molecular flexibility index (Phi) is 7.29. The summed E-state index contributed by atoms with van der Waals surface area (Å²) >= 11 is 0. The molecule has 0 spiro atoms. The number of rotatable bonds is 7. The van der Waals surface area contributed by atoms with E-state index in [0.717, 1.165) is 5.56 Å². The first-order valence-corrected chi connectivity index (χ1v) is 11.5. The van der Waals surface area contributed by atoms with E-state index in [0.29, 0.717) is 30.8 Å². The molecule has 9 heteroatoms. The van der Waals surface area contributed by atoms with Crippen molar-refractivity contribution >= 4 is 27.5 Å². The number of hydrogen-bond acceptors (Lipinski definition) is 5. The molecule has 2 amide bonds. The highest BCUT2D eigenvalue weighted by atomic mass is 32.2. The lowest BCUT2D eigenvalue weighted by molar-refractivity contribution is -0.128. The van der Waals surface area contributed by atoms with E-state index in [2.05, 4.69) is 10.6 Å². The van der Waals surface area contributed by atoms with Gasteiger partial charge in [-0.3, -0.25) is 9.59 Å². The maximum absolute atomic E-state index is 12.8. The van der Waals surface area contributed by atoms with Crippen molar-refractivity contribution in [3.8, 4) is 5.75 Å². The lowest BCUT2D eigenvalue weighted by atomic mass is 9.99. The molecule has 1 atom stereocenters. The second-order valence-corrected chi connectivity index (χ2v) is 9.42. The van der Waals surface area contributed by atoms with Crippen LogP contribution in [0.2, 0.25) is 0 Å². The van der Waals surface area contributed by atoms with E-state index in [-0.39, 0.29) is 29.8 Å². The van der Waals surface area contributed by atoms with Gasteiger partial charge in [-0.1, -0.05) is 24.3 Å². The average molecular weight is 446 g/mol. The number of nitrogens with zero attached hydrogens (tertiary/aromatic N) is 1. The van der Waals surface area contributed by atoms with Crippen LogP contribution in [0.4, 0.5) is 5.69 Å². The molecule has 0 saturated carbocycles. The zero-order valence-electron chi connectivity index (χ0n) is 17.6. The van der Waals surface area contributed by atoms with Gasteiger partial charge in [-0.05, 0) is 49.6 Å². The van der Waals surface area contributed by atoms with Crippen molar-refractivity contribution in [2.75, 3.05) is 32.1 Å². The highest BCUT2D eigenvalue weighted by Crippen LogP contribution is 2.25.